The lowest BCUT2D eigenvalue weighted by Gasteiger charge is -2.13. The molecule has 0 radical (unpaired) electrons. The van der Waals surface area contributed by atoms with E-state index in [4.69, 9.17) is 108 Å². The average Bonchev–Trinajstić information content (AvgIpc) is 1.37. The van der Waals surface area contributed by atoms with Gasteiger partial charge in [0, 0.05) is 84.5 Å². The number of nitro benzene ring substituents is 2. The molecule has 45 heteroatoms. The van der Waals surface area contributed by atoms with E-state index >= 15 is 0 Å². The van der Waals surface area contributed by atoms with Gasteiger partial charge in [-0.1, -0.05) is 175 Å². The maximum Gasteiger partial charge on any atom is 0.534 e. The van der Waals surface area contributed by atoms with Crippen molar-refractivity contribution in [1.29, 1.82) is 0 Å². The van der Waals surface area contributed by atoms with E-state index in [0.717, 1.165) is 4.85 Å². The van der Waals surface area contributed by atoms with Crippen molar-refractivity contribution in [2.45, 2.75) is 169 Å². The molecule has 39 nitrogen and oxygen atoms in total. The van der Waals surface area contributed by atoms with Crippen molar-refractivity contribution >= 4 is 170 Å². The molecular formula is C80H93Cl6N11O28. The first-order chi connectivity index (χ1) is 58.4. The number of halogens is 6. The number of hydrogen-bond donors (Lipinski definition) is 0. The van der Waals surface area contributed by atoms with Crippen LogP contribution in [0, 0.1) is 55.7 Å². The summed E-state index contributed by atoms with van der Waals surface area (Å²) in [5.41, 5.74) is 1.30. The number of para-hydroxylation sites is 1. The Bertz CT molecular complexity index is 4870. The van der Waals surface area contributed by atoms with Crippen LogP contribution < -0.4 is 28.6 Å². The minimum absolute atomic E-state index is 0.0284. The van der Waals surface area contributed by atoms with Gasteiger partial charge in [0.05, 0.1) is 84.0 Å². The fraction of sp³-hybridized carbons (Fsp3) is 0.388. The van der Waals surface area contributed by atoms with Crippen LogP contribution in [0.3, 0.4) is 0 Å². The predicted molar refractivity (Wildman–Crippen MR) is 451 cm³/mol. The number of ether oxygens (including phenoxy) is 7. The molecule has 0 saturated carbocycles. The van der Waals surface area contributed by atoms with Crippen LogP contribution >= 0.6 is 69.6 Å². The number of aromatic nitrogens is 7. The van der Waals surface area contributed by atoms with Crippen LogP contribution in [-0.2, 0) is 67.0 Å². The van der Waals surface area contributed by atoms with Crippen LogP contribution in [0.4, 0.5) is 25.8 Å². The number of esters is 2. The summed E-state index contributed by atoms with van der Waals surface area (Å²) in [6.07, 6.45) is 6.10. The summed E-state index contributed by atoms with van der Waals surface area (Å²) in [5.74, 6) is -4.10. The van der Waals surface area contributed by atoms with Gasteiger partial charge in [-0.15, -0.1) is 10.2 Å². The lowest BCUT2D eigenvalue weighted by atomic mass is 10.2. The van der Waals surface area contributed by atoms with Crippen molar-refractivity contribution in [2.24, 2.45) is 35.5 Å². The second kappa shape index (κ2) is 54.9. The highest BCUT2D eigenvalue weighted by Crippen LogP contribution is 2.38. The fourth-order valence-electron chi connectivity index (χ4n) is 7.69. The Kier molecular flexibility index (Phi) is 47.7. The van der Waals surface area contributed by atoms with Crippen LogP contribution in [-0.4, -0.2) is 151 Å². The highest BCUT2D eigenvalue weighted by atomic mass is 35.5. The number of imide groups is 2. The molecule has 2 fully saturated rings. The maximum absolute atomic E-state index is 11.3. The first kappa shape index (κ1) is 109. The summed E-state index contributed by atoms with van der Waals surface area (Å²) in [4.78, 5) is 191. The smallest absolute Gasteiger partial charge is 0.431 e. The summed E-state index contributed by atoms with van der Waals surface area (Å²) in [5, 5.41) is 30.8. The minimum atomic E-state index is -1.04. The van der Waals surface area contributed by atoms with Gasteiger partial charge in [0.1, 0.15) is 35.2 Å². The Labute approximate surface area is 746 Å². The minimum Gasteiger partial charge on any atom is -0.431 e. The van der Waals surface area contributed by atoms with Crippen molar-refractivity contribution in [1.82, 2.24) is 44.5 Å². The molecule has 0 N–H and O–H groups in total. The quantitative estimate of drug-likeness (QED) is 0.0106. The van der Waals surface area contributed by atoms with E-state index in [1.165, 1.54) is 94.7 Å². The van der Waals surface area contributed by atoms with E-state index in [2.05, 4.69) is 34.7 Å². The molecule has 2 saturated heterocycles. The van der Waals surface area contributed by atoms with E-state index < -0.39 is 57.9 Å². The molecule has 8 aromatic rings. The van der Waals surface area contributed by atoms with Gasteiger partial charge >= 0.3 is 48.3 Å². The highest BCUT2D eigenvalue weighted by Gasteiger charge is 2.35. The third-order valence-corrected chi connectivity index (χ3v) is 15.5. The number of carbonyl (C=O) groups is 13. The number of fused-ring (bicyclic) bond motifs is 1. The summed E-state index contributed by atoms with van der Waals surface area (Å²) >= 11 is 34.7. The van der Waals surface area contributed by atoms with E-state index in [9.17, 15) is 82.6 Å². The summed E-state index contributed by atoms with van der Waals surface area (Å²) < 4.78 is 36.5. The van der Waals surface area contributed by atoms with Gasteiger partial charge in [0.15, 0.2) is 11.5 Å². The zero-order chi connectivity index (χ0) is 94.8. The van der Waals surface area contributed by atoms with Crippen LogP contribution in [0.1, 0.15) is 155 Å². The Morgan fingerprint density at radius 1 is 0.400 bits per heavy atom. The second-order valence-corrected chi connectivity index (χ2v) is 30.3. The number of hydroxylamine groups is 4. The maximum atomic E-state index is 11.3. The molecule has 5 aromatic carbocycles. The number of amides is 4. The van der Waals surface area contributed by atoms with Gasteiger partial charge in [-0.3, -0.25) is 63.2 Å². The summed E-state index contributed by atoms with van der Waals surface area (Å²) in [6.45, 7) is 31.0. The summed E-state index contributed by atoms with van der Waals surface area (Å²) in [6, 6.07) is 23.6. The van der Waals surface area contributed by atoms with Crippen molar-refractivity contribution in [2.75, 3.05) is 0 Å². The van der Waals surface area contributed by atoms with E-state index in [0.29, 0.717) is 37.0 Å². The second-order valence-electron chi connectivity index (χ2n) is 27.8. The van der Waals surface area contributed by atoms with E-state index in [1.54, 1.807) is 142 Å². The average molecular weight is 1870 g/mol. The molecule has 10 rings (SSSR count). The monoisotopic (exact) mass is 1870 g/mol. The topological polar surface area (TPSA) is 483 Å². The van der Waals surface area contributed by atoms with Crippen molar-refractivity contribution in [3.05, 3.63) is 185 Å². The van der Waals surface area contributed by atoms with E-state index in [-0.39, 0.29) is 158 Å². The molecule has 5 heterocycles. The zero-order valence-electron chi connectivity index (χ0n) is 70.8. The number of hydrogen-bond acceptors (Lipinski definition) is 32. The lowest BCUT2D eigenvalue weighted by molar-refractivity contribution is -0.385. The molecule has 0 aliphatic carbocycles. The molecule has 0 spiro atoms. The Balaban J connectivity index is 0.000000478. The van der Waals surface area contributed by atoms with Gasteiger partial charge in [-0.05, 0) is 107 Å². The molecule has 0 unspecified atom stereocenters. The third-order valence-electron chi connectivity index (χ3n) is 14.0. The Morgan fingerprint density at radius 3 is 1.14 bits per heavy atom. The van der Waals surface area contributed by atoms with Gasteiger partial charge < -0.3 is 47.7 Å². The zero-order valence-corrected chi connectivity index (χ0v) is 75.4. The largest absolute Gasteiger partial charge is 0.534 e. The number of benzene rings is 5. The molecule has 3 aromatic heterocycles. The normalized spacial score (nSPS) is 11.7. The number of rotatable bonds is 19. The van der Waals surface area contributed by atoms with Gasteiger partial charge in [-0.25, -0.2) is 38.7 Å². The molecule has 2 aliphatic rings. The number of carbonyl (C=O) groups excluding carboxylic acids is 13. The standard InChI is InChI=1S/C10H9Cl3O3.C10H9Cl3O2.C10H11N3O2.C10H11NO5.C10H11NO4.C8H11NO5.C8H11NO4.C7H10N2O2.C7H10N2O/c1-5(2)15-10(14)16-9-7(12)3-6(11)4-8(9)13;1-5(2)10(14)15-9-7(12)3-6(11)4-8(9)13;1-7(2)10(14)15-13-9-6-4-3-5-8(9)11-12-13;1-7(2)15-10(12)16-9-5-3-8(4-6-9)11(13)14;1-7(2)10(12)15-9-5-3-8(4-6-9)11(13)14;1-5(2)13-8(12)14-9-6(10)3-4-7(9)11;1-5(2)8(12)13-9-6(10)3-4-7(9)11;1-6(2)7(10)11-9-4-3-8-5-9;1-6(2)7(10)9-4-3-8-5-9/h3-5H,1-2H3;3-5H,1-2H3;3-7H,1-2H3;3-7H,1-2H3;3-7H,1-2H3;5H,3-4H2,1-2H3;5H,3-4H2,1-2H3;3-6H,1-2H3;3-6H,1-2H3. The molecule has 678 valence electrons. The van der Waals surface area contributed by atoms with Crippen molar-refractivity contribution < 1.29 is 125 Å². The predicted octanol–water partition coefficient (Wildman–Crippen LogP) is 17.0. The molecule has 2 aliphatic heterocycles. The van der Waals surface area contributed by atoms with Gasteiger partial charge in [0.2, 0.25) is 5.91 Å². The first-order valence-corrected chi connectivity index (χ1v) is 39.7. The molecule has 125 heavy (non-hydrogen) atoms. The first-order valence-electron chi connectivity index (χ1n) is 37.5. The number of non-ortho nitro benzene ring substituents is 2. The van der Waals surface area contributed by atoms with Crippen LogP contribution in [0.25, 0.3) is 11.0 Å². The van der Waals surface area contributed by atoms with Crippen LogP contribution in [0.2, 0.25) is 30.1 Å². The number of nitro groups is 2. The molecule has 0 bridgehead atoms. The van der Waals surface area contributed by atoms with Crippen LogP contribution in [0.5, 0.6) is 23.0 Å². The molecular weight excluding hydrogens is 1780 g/mol. The lowest BCUT2D eigenvalue weighted by Crippen LogP contribution is -2.33. The van der Waals surface area contributed by atoms with E-state index in [1.807, 2.05) is 32.0 Å². The Morgan fingerprint density at radius 2 is 0.760 bits per heavy atom. The number of imidazole rings is 2. The molecule has 4 amide bonds. The number of nitrogens with zero attached hydrogens (tertiary/aromatic N) is 11. The highest BCUT2D eigenvalue weighted by molar-refractivity contribution is 6.41. The van der Waals surface area contributed by atoms with Crippen LogP contribution in [0.15, 0.2) is 135 Å². The van der Waals surface area contributed by atoms with Crippen molar-refractivity contribution in [3.8, 4) is 23.0 Å². The molecule has 0 atom stereocenters. The summed E-state index contributed by atoms with van der Waals surface area (Å²) in [7, 11) is 0. The van der Waals surface area contributed by atoms with Gasteiger partial charge in [0.25, 0.3) is 35.0 Å². The SMILES string of the molecule is CC(C)C(=O)ON1C(=O)CCC1=O.CC(C)C(=O)Oc1c(Cl)cc(Cl)cc1Cl.CC(C)C(=O)Oc1ccc([N+](=O)[O-])cc1.CC(C)C(=O)On1ccnc1.CC(C)C(=O)On1nnc2ccccc21.CC(C)C(=O)n1ccnc1.CC(C)OC(=O)ON1C(=O)CCC1=O.CC(C)OC(=O)Oc1c(Cl)cc(Cl)cc1Cl.CC(C)OC(=O)Oc1ccc([N+](=O)[O-])cc1. The van der Waals surface area contributed by atoms with Gasteiger partial charge in [-0.2, -0.15) is 4.73 Å². The fourth-order valence-corrected chi connectivity index (χ4v) is 9.48. The van der Waals surface area contributed by atoms with Crippen molar-refractivity contribution in [3.63, 3.8) is 0 Å². The Hall–Kier alpha value is -12.4. The third kappa shape index (κ3) is 41.5.